The summed E-state index contributed by atoms with van der Waals surface area (Å²) in [5.41, 5.74) is 1.31. The SMILES string of the molecule is Cc1ccc(CN(C)CC(=O)NCCCc2ccccc2)o1. The van der Waals surface area contributed by atoms with E-state index in [2.05, 4.69) is 17.4 Å². The Morgan fingerprint density at radius 2 is 1.95 bits per heavy atom. The van der Waals surface area contributed by atoms with Gasteiger partial charge in [-0.3, -0.25) is 9.69 Å². The molecule has 1 amide bonds. The van der Waals surface area contributed by atoms with E-state index in [1.165, 1.54) is 5.56 Å². The number of hydrogen-bond acceptors (Lipinski definition) is 3. The highest BCUT2D eigenvalue weighted by Gasteiger charge is 2.08. The highest BCUT2D eigenvalue weighted by atomic mass is 16.3. The van der Waals surface area contributed by atoms with E-state index in [9.17, 15) is 4.79 Å². The third kappa shape index (κ3) is 5.74. The van der Waals surface area contributed by atoms with Crippen LogP contribution in [0.25, 0.3) is 0 Å². The Morgan fingerprint density at radius 3 is 2.64 bits per heavy atom. The van der Waals surface area contributed by atoms with E-state index in [4.69, 9.17) is 4.42 Å². The lowest BCUT2D eigenvalue weighted by Gasteiger charge is -2.14. The van der Waals surface area contributed by atoms with Crippen molar-refractivity contribution in [3.8, 4) is 0 Å². The number of carbonyl (C=O) groups excluding carboxylic acids is 1. The molecule has 4 nitrogen and oxygen atoms in total. The molecule has 0 saturated heterocycles. The molecular weight excluding hydrogens is 276 g/mol. The van der Waals surface area contributed by atoms with Gasteiger partial charge >= 0.3 is 0 Å². The maximum atomic E-state index is 11.9. The summed E-state index contributed by atoms with van der Waals surface area (Å²) in [4.78, 5) is 13.8. The van der Waals surface area contributed by atoms with Gasteiger partial charge in [-0.1, -0.05) is 30.3 Å². The van der Waals surface area contributed by atoms with E-state index in [1.807, 2.05) is 49.2 Å². The maximum absolute atomic E-state index is 11.9. The largest absolute Gasteiger partial charge is 0.465 e. The molecule has 0 atom stereocenters. The third-order valence-electron chi connectivity index (χ3n) is 3.44. The lowest BCUT2D eigenvalue weighted by molar-refractivity contribution is -0.122. The molecule has 0 saturated carbocycles. The molecule has 0 aliphatic heterocycles. The summed E-state index contributed by atoms with van der Waals surface area (Å²) in [6.07, 6.45) is 1.94. The fraction of sp³-hybridized carbons (Fsp3) is 0.389. The number of likely N-dealkylation sites (N-methyl/N-ethyl adjacent to an activating group) is 1. The second kappa shape index (κ2) is 8.39. The van der Waals surface area contributed by atoms with Crippen LogP contribution in [0.2, 0.25) is 0 Å². The van der Waals surface area contributed by atoms with Gasteiger partial charge in [0.1, 0.15) is 11.5 Å². The van der Waals surface area contributed by atoms with Crippen LogP contribution in [0.1, 0.15) is 23.5 Å². The van der Waals surface area contributed by atoms with Gasteiger partial charge in [0.2, 0.25) is 5.91 Å². The molecule has 4 heteroatoms. The van der Waals surface area contributed by atoms with E-state index in [1.54, 1.807) is 0 Å². The van der Waals surface area contributed by atoms with E-state index in [0.29, 0.717) is 19.6 Å². The first-order valence-electron chi connectivity index (χ1n) is 7.68. The van der Waals surface area contributed by atoms with Gasteiger partial charge in [0, 0.05) is 6.54 Å². The minimum absolute atomic E-state index is 0.0545. The van der Waals surface area contributed by atoms with Crippen LogP contribution in [-0.2, 0) is 17.8 Å². The van der Waals surface area contributed by atoms with Crippen molar-refractivity contribution in [3.63, 3.8) is 0 Å². The molecular formula is C18H24N2O2. The van der Waals surface area contributed by atoms with Gasteiger partial charge in [-0.15, -0.1) is 0 Å². The average molecular weight is 300 g/mol. The van der Waals surface area contributed by atoms with E-state index < -0.39 is 0 Å². The number of nitrogens with zero attached hydrogens (tertiary/aromatic N) is 1. The maximum Gasteiger partial charge on any atom is 0.234 e. The summed E-state index contributed by atoms with van der Waals surface area (Å²) in [6, 6.07) is 14.2. The highest BCUT2D eigenvalue weighted by Crippen LogP contribution is 2.08. The van der Waals surface area contributed by atoms with Crippen molar-refractivity contribution in [2.24, 2.45) is 0 Å². The molecule has 0 fully saturated rings. The lowest BCUT2D eigenvalue weighted by Crippen LogP contribution is -2.35. The van der Waals surface area contributed by atoms with E-state index in [-0.39, 0.29) is 5.91 Å². The smallest absolute Gasteiger partial charge is 0.234 e. The zero-order valence-corrected chi connectivity index (χ0v) is 13.3. The Balaban J connectivity index is 1.61. The molecule has 0 unspecified atom stereocenters. The topological polar surface area (TPSA) is 45.5 Å². The number of furan rings is 1. The summed E-state index contributed by atoms with van der Waals surface area (Å²) < 4.78 is 5.51. The summed E-state index contributed by atoms with van der Waals surface area (Å²) in [5.74, 6) is 1.84. The molecule has 2 rings (SSSR count). The van der Waals surface area contributed by atoms with Crippen LogP contribution < -0.4 is 5.32 Å². The molecule has 22 heavy (non-hydrogen) atoms. The number of aryl methyl sites for hydroxylation is 2. The van der Waals surface area contributed by atoms with Gasteiger partial charge < -0.3 is 9.73 Å². The predicted molar refractivity (Wildman–Crippen MR) is 87.6 cm³/mol. The van der Waals surface area contributed by atoms with Crippen molar-refractivity contribution in [1.82, 2.24) is 10.2 Å². The molecule has 0 spiro atoms. The Labute approximate surface area is 132 Å². The van der Waals surface area contributed by atoms with Crippen molar-refractivity contribution in [2.45, 2.75) is 26.3 Å². The van der Waals surface area contributed by atoms with Crippen LogP contribution in [0.3, 0.4) is 0 Å². The predicted octanol–water partition coefficient (Wildman–Crippen LogP) is 2.77. The van der Waals surface area contributed by atoms with Crippen molar-refractivity contribution in [1.29, 1.82) is 0 Å². The normalized spacial score (nSPS) is 10.9. The second-order valence-corrected chi connectivity index (χ2v) is 5.62. The first-order valence-corrected chi connectivity index (χ1v) is 7.68. The van der Waals surface area contributed by atoms with Crippen molar-refractivity contribution < 1.29 is 9.21 Å². The number of nitrogens with one attached hydrogen (secondary N) is 1. The van der Waals surface area contributed by atoms with Crippen molar-refractivity contribution in [2.75, 3.05) is 20.1 Å². The Kier molecular flexibility index (Phi) is 6.22. The van der Waals surface area contributed by atoms with E-state index >= 15 is 0 Å². The molecule has 2 aromatic rings. The molecule has 118 valence electrons. The monoisotopic (exact) mass is 300 g/mol. The fourth-order valence-electron chi connectivity index (χ4n) is 2.36. The van der Waals surface area contributed by atoms with Gasteiger partial charge in [-0.05, 0) is 44.5 Å². The zero-order chi connectivity index (χ0) is 15.8. The molecule has 1 heterocycles. The summed E-state index contributed by atoms with van der Waals surface area (Å²) in [6.45, 7) is 3.65. The van der Waals surface area contributed by atoms with Gasteiger partial charge in [-0.2, -0.15) is 0 Å². The molecule has 1 aromatic carbocycles. The van der Waals surface area contributed by atoms with Crippen LogP contribution in [0.4, 0.5) is 0 Å². The Bertz CT molecular complexity index is 578. The van der Waals surface area contributed by atoms with Crippen molar-refractivity contribution >= 4 is 5.91 Å². The van der Waals surface area contributed by atoms with Gasteiger partial charge in [0.15, 0.2) is 0 Å². The minimum Gasteiger partial charge on any atom is -0.465 e. The zero-order valence-electron chi connectivity index (χ0n) is 13.3. The lowest BCUT2D eigenvalue weighted by atomic mass is 10.1. The summed E-state index contributed by atoms with van der Waals surface area (Å²) in [7, 11) is 1.92. The van der Waals surface area contributed by atoms with Crippen LogP contribution in [-0.4, -0.2) is 30.9 Å². The second-order valence-electron chi connectivity index (χ2n) is 5.62. The number of carbonyl (C=O) groups is 1. The number of amides is 1. The van der Waals surface area contributed by atoms with Crippen LogP contribution >= 0.6 is 0 Å². The first kappa shape index (κ1) is 16.3. The van der Waals surface area contributed by atoms with Gasteiger partial charge in [0.05, 0.1) is 13.1 Å². The van der Waals surface area contributed by atoms with Gasteiger partial charge in [-0.25, -0.2) is 0 Å². The fourth-order valence-corrected chi connectivity index (χ4v) is 2.36. The molecule has 0 radical (unpaired) electrons. The van der Waals surface area contributed by atoms with Crippen molar-refractivity contribution in [3.05, 3.63) is 59.5 Å². The van der Waals surface area contributed by atoms with Crippen LogP contribution in [0, 0.1) is 6.92 Å². The Morgan fingerprint density at radius 1 is 1.18 bits per heavy atom. The molecule has 1 N–H and O–H groups in total. The average Bonchev–Trinajstić information content (AvgIpc) is 2.89. The summed E-state index contributed by atoms with van der Waals surface area (Å²) >= 11 is 0. The Hall–Kier alpha value is -2.07. The standard InChI is InChI=1S/C18H24N2O2/c1-15-10-11-17(22-15)13-20(2)14-18(21)19-12-6-9-16-7-4-3-5-8-16/h3-5,7-8,10-11H,6,9,12-14H2,1-2H3,(H,19,21). The number of rotatable bonds is 8. The minimum atomic E-state index is 0.0545. The molecule has 0 bridgehead atoms. The number of hydrogen-bond donors (Lipinski definition) is 1. The molecule has 1 aromatic heterocycles. The quantitative estimate of drug-likeness (QED) is 0.763. The first-order chi connectivity index (χ1) is 10.6. The van der Waals surface area contributed by atoms with E-state index in [0.717, 1.165) is 24.4 Å². The summed E-state index contributed by atoms with van der Waals surface area (Å²) in [5, 5.41) is 2.96. The third-order valence-corrected chi connectivity index (χ3v) is 3.44. The molecule has 0 aliphatic carbocycles. The highest BCUT2D eigenvalue weighted by molar-refractivity contribution is 5.77. The number of benzene rings is 1. The molecule has 0 aliphatic rings. The van der Waals surface area contributed by atoms with Crippen LogP contribution in [0.15, 0.2) is 46.9 Å². The van der Waals surface area contributed by atoms with Crippen LogP contribution in [0.5, 0.6) is 0 Å². The van der Waals surface area contributed by atoms with Gasteiger partial charge in [0.25, 0.3) is 0 Å².